The molecule has 0 spiro atoms. The van der Waals surface area contributed by atoms with Crippen LogP contribution in [0, 0.1) is 18.6 Å². The summed E-state index contributed by atoms with van der Waals surface area (Å²) in [6.07, 6.45) is 0.271. The molecule has 5 nitrogen and oxygen atoms in total. The largest absolute Gasteiger partial charge is 0.484 e. The molecule has 3 rings (SSSR count). The van der Waals surface area contributed by atoms with Crippen LogP contribution in [-0.2, 0) is 4.84 Å². The first-order chi connectivity index (χ1) is 12.0. The lowest BCUT2D eigenvalue weighted by Gasteiger charge is -2.10. The van der Waals surface area contributed by atoms with E-state index in [-0.39, 0.29) is 18.5 Å². The van der Waals surface area contributed by atoms with Crippen LogP contribution in [0.3, 0.4) is 0 Å². The molecule has 2 aromatic rings. The Bertz CT molecular complexity index is 835. The van der Waals surface area contributed by atoms with Gasteiger partial charge < -0.3 is 15.3 Å². The maximum absolute atomic E-state index is 14.1. The standard InChI is InChI=1S/C18H16F2N2O3/c1-10-2-4-11(5-3-10)15-8-12(22-25-15)9-24-14-7-6-13(19)16(17(14)20)18(21)23/h2-7,15H,8-9H2,1H3,(H2,21,23). The molecule has 7 heteroatoms. The first kappa shape index (κ1) is 16.9. The SMILES string of the molecule is Cc1ccc(C2CC(COc3ccc(F)c(C(N)=O)c3F)=NO2)cc1. The van der Waals surface area contributed by atoms with Crippen molar-refractivity contribution in [1.82, 2.24) is 0 Å². The number of benzene rings is 2. The van der Waals surface area contributed by atoms with E-state index in [0.717, 1.165) is 23.3 Å². The van der Waals surface area contributed by atoms with E-state index >= 15 is 0 Å². The van der Waals surface area contributed by atoms with Crippen molar-refractivity contribution >= 4 is 11.6 Å². The van der Waals surface area contributed by atoms with Gasteiger partial charge in [-0.05, 0) is 24.6 Å². The number of ether oxygens (including phenoxy) is 1. The summed E-state index contributed by atoms with van der Waals surface area (Å²) < 4.78 is 32.9. The Morgan fingerprint density at radius 2 is 2.00 bits per heavy atom. The second-order valence-electron chi connectivity index (χ2n) is 5.75. The Kier molecular flexibility index (Phi) is 4.65. The van der Waals surface area contributed by atoms with Crippen molar-refractivity contribution < 1.29 is 23.1 Å². The lowest BCUT2D eigenvalue weighted by atomic mass is 10.0. The fourth-order valence-corrected chi connectivity index (χ4v) is 2.50. The zero-order valence-corrected chi connectivity index (χ0v) is 13.5. The molecule has 0 radical (unpaired) electrons. The molecule has 1 aliphatic rings. The molecule has 2 aromatic carbocycles. The number of hydrogen-bond acceptors (Lipinski definition) is 4. The highest BCUT2D eigenvalue weighted by Crippen LogP contribution is 2.28. The molecule has 0 aliphatic carbocycles. The third-order valence-electron chi connectivity index (χ3n) is 3.88. The van der Waals surface area contributed by atoms with Crippen molar-refractivity contribution in [2.45, 2.75) is 19.4 Å². The van der Waals surface area contributed by atoms with Crippen LogP contribution in [0.25, 0.3) is 0 Å². The predicted molar refractivity (Wildman–Crippen MR) is 87.4 cm³/mol. The van der Waals surface area contributed by atoms with E-state index in [0.29, 0.717) is 12.1 Å². The van der Waals surface area contributed by atoms with Gasteiger partial charge in [-0.15, -0.1) is 0 Å². The monoisotopic (exact) mass is 346 g/mol. The predicted octanol–water partition coefficient (Wildman–Crippen LogP) is 3.27. The van der Waals surface area contributed by atoms with Crippen LogP contribution in [0.15, 0.2) is 41.6 Å². The number of hydrogen-bond donors (Lipinski definition) is 1. The molecule has 1 unspecified atom stereocenters. The highest BCUT2D eigenvalue weighted by atomic mass is 19.1. The molecular formula is C18H16F2N2O3. The zero-order valence-electron chi connectivity index (χ0n) is 13.5. The van der Waals surface area contributed by atoms with Crippen molar-refractivity contribution in [3.63, 3.8) is 0 Å². The summed E-state index contributed by atoms with van der Waals surface area (Å²) in [4.78, 5) is 16.5. The van der Waals surface area contributed by atoms with Crippen molar-refractivity contribution in [2.75, 3.05) is 6.61 Å². The van der Waals surface area contributed by atoms with E-state index in [9.17, 15) is 13.6 Å². The van der Waals surface area contributed by atoms with E-state index in [1.54, 1.807) is 0 Å². The number of nitrogens with two attached hydrogens (primary N) is 1. The van der Waals surface area contributed by atoms with Crippen molar-refractivity contribution in [3.05, 3.63) is 64.7 Å². The Balaban J connectivity index is 1.64. The van der Waals surface area contributed by atoms with Gasteiger partial charge in [-0.2, -0.15) is 0 Å². The third-order valence-corrected chi connectivity index (χ3v) is 3.88. The molecule has 130 valence electrons. The minimum absolute atomic E-state index is 0.0386. The van der Waals surface area contributed by atoms with E-state index in [1.807, 2.05) is 31.2 Å². The van der Waals surface area contributed by atoms with Gasteiger partial charge in [-0.1, -0.05) is 35.0 Å². The summed E-state index contributed by atoms with van der Waals surface area (Å²) in [6.45, 7) is 1.95. The number of carbonyl (C=O) groups excluding carboxylic acids is 1. The van der Waals surface area contributed by atoms with Crippen LogP contribution in [0.5, 0.6) is 5.75 Å². The Hall–Kier alpha value is -2.96. The van der Waals surface area contributed by atoms with Crippen LogP contribution in [0.2, 0.25) is 0 Å². The number of carbonyl (C=O) groups is 1. The van der Waals surface area contributed by atoms with Gasteiger partial charge in [0.2, 0.25) is 0 Å². The zero-order chi connectivity index (χ0) is 18.0. The molecule has 1 aliphatic heterocycles. The number of oxime groups is 1. The molecule has 0 aromatic heterocycles. The highest BCUT2D eigenvalue weighted by molar-refractivity contribution is 5.94. The lowest BCUT2D eigenvalue weighted by molar-refractivity contribution is 0.0856. The number of primary amides is 1. The average molecular weight is 346 g/mol. The van der Waals surface area contributed by atoms with Gasteiger partial charge in [0, 0.05) is 6.42 Å². The minimum Gasteiger partial charge on any atom is -0.484 e. The number of rotatable bonds is 5. The van der Waals surface area contributed by atoms with Crippen LogP contribution < -0.4 is 10.5 Å². The van der Waals surface area contributed by atoms with E-state index < -0.39 is 23.1 Å². The van der Waals surface area contributed by atoms with Gasteiger partial charge in [0.05, 0.1) is 5.71 Å². The van der Waals surface area contributed by atoms with Gasteiger partial charge in [0.1, 0.15) is 18.0 Å². The van der Waals surface area contributed by atoms with Gasteiger partial charge >= 0.3 is 0 Å². The fourth-order valence-electron chi connectivity index (χ4n) is 2.50. The van der Waals surface area contributed by atoms with Crippen LogP contribution in [0.1, 0.15) is 34.0 Å². The highest BCUT2D eigenvalue weighted by Gasteiger charge is 2.24. The van der Waals surface area contributed by atoms with Gasteiger partial charge in [-0.3, -0.25) is 4.79 Å². The summed E-state index contributed by atoms with van der Waals surface area (Å²) in [5.74, 6) is -3.61. The normalized spacial score (nSPS) is 16.3. The van der Waals surface area contributed by atoms with Crippen LogP contribution >= 0.6 is 0 Å². The molecule has 25 heavy (non-hydrogen) atoms. The molecular weight excluding hydrogens is 330 g/mol. The molecule has 0 saturated carbocycles. The molecule has 0 saturated heterocycles. The van der Waals surface area contributed by atoms with Crippen LogP contribution in [0.4, 0.5) is 8.78 Å². The Labute approximate surface area is 143 Å². The maximum Gasteiger partial charge on any atom is 0.254 e. The minimum atomic E-state index is -1.19. The van der Waals surface area contributed by atoms with E-state index in [2.05, 4.69) is 5.16 Å². The molecule has 0 bridgehead atoms. The quantitative estimate of drug-likeness (QED) is 0.903. The third kappa shape index (κ3) is 3.60. The number of aryl methyl sites for hydroxylation is 1. The lowest BCUT2D eigenvalue weighted by Crippen LogP contribution is -2.17. The summed E-state index contributed by atoms with van der Waals surface area (Å²) in [7, 11) is 0. The summed E-state index contributed by atoms with van der Waals surface area (Å²) in [5, 5.41) is 3.94. The molecule has 0 fully saturated rings. The second kappa shape index (κ2) is 6.88. The molecule has 1 heterocycles. The van der Waals surface area contributed by atoms with Crippen molar-refractivity contribution in [3.8, 4) is 5.75 Å². The van der Waals surface area contributed by atoms with Gasteiger partial charge in [-0.25, -0.2) is 8.78 Å². The van der Waals surface area contributed by atoms with Gasteiger partial charge in [0.25, 0.3) is 5.91 Å². The van der Waals surface area contributed by atoms with E-state index in [4.69, 9.17) is 15.3 Å². The summed E-state index contributed by atoms with van der Waals surface area (Å²) in [6, 6.07) is 9.90. The number of nitrogens with zero attached hydrogens (tertiary/aromatic N) is 1. The number of amides is 1. The maximum atomic E-state index is 14.1. The van der Waals surface area contributed by atoms with E-state index in [1.165, 1.54) is 0 Å². The Morgan fingerprint density at radius 3 is 2.68 bits per heavy atom. The molecule has 1 amide bonds. The number of halogens is 2. The second-order valence-corrected chi connectivity index (χ2v) is 5.75. The van der Waals surface area contributed by atoms with Crippen LogP contribution in [-0.4, -0.2) is 18.2 Å². The summed E-state index contributed by atoms with van der Waals surface area (Å²) >= 11 is 0. The van der Waals surface area contributed by atoms with Gasteiger partial charge in [0.15, 0.2) is 17.7 Å². The fraction of sp³-hybridized carbons (Fsp3) is 0.222. The Morgan fingerprint density at radius 1 is 1.28 bits per heavy atom. The average Bonchev–Trinajstić information content (AvgIpc) is 3.03. The summed E-state index contributed by atoms with van der Waals surface area (Å²) in [5.41, 5.74) is 6.86. The first-order valence-electron chi connectivity index (χ1n) is 7.64. The molecule has 2 N–H and O–H groups in total. The van der Waals surface area contributed by atoms with Crippen molar-refractivity contribution in [2.24, 2.45) is 10.9 Å². The smallest absolute Gasteiger partial charge is 0.254 e. The first-order valence-corrected chi connectivity index (χ1v) is 7.64. The topological polar surface area (TPSA) is 73.9 Å². The molecule has 1 atom stereocenters. The van der Waals surface area contributed by atoms with Crippen molar-refractivity contribution in [1.29, 1.82) is 0 Å².